The van der Waals surface area contributed by atoms with Crippen LogP contribution >= 0.6 is 0 Å². The molecule has 0 aromatic heterocycles. The molecule has 0 saturated carbocycles. The van der Waals surface area contributed by atoms with Crippen molar-refractivity contribution in [2.24, 2.45) is 5.92 Å². The highest BCUT2D eigenvalue weighted by Crippen LogP contribution is 2.24. The molecule has 0 aliphatic heterocycles. The molecule has 122 valence electrons. The van der Waals surface area contributed by atoms with E-state index >= 15 is 0 Å². The third-order valence-electron chi connectivity index (χ3n) is 4.15. The summed E-state index contributed by atoms with van der Waals surface area (Å²) in [7, 11) is 0. The smallest absolute Gasteiger partial charge is 0.308 e. The number of carboxylic acid groups (broad SMARTS) is 1. The van der Waals surface area contributed by atoms with Gasteiger partial charge in [-0.2, -0.15) is 0 Å². The van der Waals surface area contributed by atoms with Crippen LogP contribution in [0, 0.1) is 5.92 Å². The van der Waals surface area contributed by atoms with Gasteiger partial charge in [0.25, 0.3) is 0 Å². The molecule has 0 bridgehead atoms. The number of nitrogens with one attached hydrogen (secondary N) is 1. The predicted octanol–water partition coefficient (Wildman–Crippen LogP) is 3.14. The minimum absolute atomic E-state index is 0.140. The highest BCUT2D eigenvalue weighted by molar-refractivity contribution is 5.87. The van der Waals surface area contributed by atoms with E-state index in [0.29, 0.717) is 6.42 Å². The van der Waals surface area contributed by atoms with E-state index in [1.165, 1.54) is 5.56 Å². The van der Waals surface area contributed by atoms with E-state index in [9.17, 15) is 9.59 Å². The van der Waals surface area contributed by atoms with Gasteiger partial charge in [0.05, 0.1) is 11.3 Å². The summed E-state index contributed by atoms with van der Waals surface area (Å²) in [5.74, 6) is -1.52. The Bertz CT molecular complexity index is 506. The number of hydrogen-bond donors (Lipinski definition) is 2. The molecule has 2 N–H and O–H groups in total. The van der Waals surface area contributed by atoms with Gasteiger partial charge in [-0.1, -0.05) is 44.5 Å². The maximum Gasteiger partial charge on any atom is 0.308 e. The van der Waals surface area contributed by atoms with Crippen LogP contribution in [0.4, 0.5) is 0 Å². The van der Waals surface area contributed by atoms with Crippen LogP contribution in [0.5, 0.6) is 0 Å². The number of benzene rings is 1. The van der Waals surface area contributed by atoms with Gasteiger partial charge in [-0.25, -0.2) is 0 Å². The van der Waals surface area contributed by atoms with Gasteiger partial charge in [0.2, 0.25) is 5.91 Å². The third-order valence-corrected chi connectivity index (χ3v) is 4.15. The van der Waals surface area contributed by atoms with Crippen molar-refractivity contribution >= 4 is 11.9 Å². The zero-order chi connectivity index (χ0) is 16.8. The van der Waals surface area contributed by atoms with Crippen LogP contribution < -0.4 is 5.32 Å². The summed E-state index contributed by atoms with van der Waals surface area (Å²) >= 11 is 0. The Balaban J connectivity index is 2.74. The Morgan fingerprint density at radius 3 is 2.23 bits per heavy atom. The first kappa shape index (κ1) is 18.2. The Hall–Kier alpha value is -1.84. The van der Waals surface area contributed by atoms with Gasteiger partial charge < -0.3 is 10.4 Å². The highest BCUT2D eigenvalue weighted by Gasteiger charge is 2.30. The molecular weight excluding hydrogens is 278 g/mol. The Morgan fingerprint density at radius 2 is 1.77 bits per heavy atom. The molecule has 0 aliphatic rings. The standard InChI is InChI=1S/C18H27NO3/c1-5-7-14(16(20)21)12-19-17(22)18(3,4)15-10-8-13(6-2)9-11-15/h8-11,14H,5-7,12H2,1-4H3,(H,19,22)(H,20,21). The molecule has 0 aliphatic carbocycles. The molecule has 4 nitrogen and oxygen atoms in total. The summed E-state index contributed by atoms with van der Waals surface area (Å²) in [5.41, 5.74) is 1.49. The summed E-state index contributed by atoms with van der Waals surface area (Å²) < 4.78 is 0. The van der Waals surface area contributed by atoms with Crippen molar-refractivity contribution in [3.8, 4) is 0 Å². The molecule has 22 heavy (non-hydrogen) atoms. The molecule has 0 saturated heterocycles. The largest absolute Gasteiger partial charge is 0.481 e. The van der Waals surface area contributed by atoms with Crippen molar-refractivity contribution in [1.29, 1.82) is 0 Å². The van der Waals surface area contributed by atoms with E-state index < -0.39 is 17.3 Å². The molecule has 0 heterocycles. The molecular formula is C18H27NO3. The van der Waals surface area contributed by atoms with Crippen LogP contribution in [0.1, 0.15) is 51.7 Å². The SMILES string of the molecule is CCCC(CNC(=O)C(C)(C)c1ccc(CC)cc1)C(=O)O. The third kappa shape index (κ3) is 4.58. The minimum Gasteiger partial charge on any atom is -0.481 e. The van der Waals surface area contributed by atoms with Gasteiger partial charge >= 0.3 is 5.97 Å². The molecule has 0 radical (unpaired) electrons. The summed E-state index contributed by atoms with van der Waals surface area (Å²) in [6, 6.07) is 8.00. The van der Waals surface area contributed by atoms with E-state index in [0.717, 1.165) is 18.4 Å². The van der Waals surface area contributed by atoms with Gasteiger partial charge in [-0.05, 0) is 37.8 Å². The second kappa shape index (κ2) is 7.97. The van der Waals surface area contributed by atoms with E-state index in [4.69, 9.17) is 5.11 Å². The van der Waals surface area contributed by atoms with E-state index in [1.807, 2.05) is 45.0 Å². The number of rotatable bonds is 8. The molecule has 0 fully saturated rings. The monoisotopic (exact) mass is 305 g/mol. The quantitative estimate of drug-likeness (QED) is 0.775. The fourth-order valence-electron chi connectivity index (χ4n) is 2.39. The van der Waals surface area contributed by atoms with Crippen LogP contribution in [0.25, 0.3) is 0 Å². The van der Waals surface area contributed by atoms with Crippen molar-refractivity contribution in [1.82, 2.24) is 5.32 Å². The zero-order valence-corrected chi connectivity index (χ0v) is 14.0. The lowest BCUT2D eigenvalue weighted by Crippen LogP contribution is -2.43. The summed E-state index contributed by atoms with van der Waals surface area (Å²) in [6.07, 6.45) is 2.32. The summed E-state index contributed by atoms with van der Waals surface area (Å²) in [6.45, 7) is 7.93. The average Bonchev–Trinajstić information content (AvgIpc) is 2.50. The lowest BCUT2D eigenvalue weighted by Gasteiger charge is -2.25. The highest BCUT2D eigenvalue weighted by atomic mass is 16.4. The van der Waals surface area contributed by atoms with E-state index in [1.54, 1.807) is 0 Å². The first-order chi connectivity index (χ1) is 10.3. The second-order valence-corrected chi connectivity index (χ2v) is 6.21. The molecule has 4 heteroatoms. The first-order valence-corrected chi connectivity index (χ1v) is 7.93. The van der Waals surface area contributed by atoms with Gasteiger partial charge in [0.1, 0.15) is 0 Å². The number of hydrogen-bond acceptors (Lipinski definition) is 2. The average molecular weight is 305 g/mol. The molecule has 1 amide bonds. The fourth-order valence-corrected chi connectivity index (χ4v) is 2.39. The zero-order valence-electron chi connectivity index (χ0n) is 14.0. The Kier molecular flexibility index (Phi) is 6.60. The van der Waals surface area contributed by atoms with E-state index in [2.05, 4.69) is 12.2 Å². The Morgan fingerprint density at radius 1 is 1.18 bits per heavy atom. The van der Waals surface area contributed by atoms with Gasteiger partial charge in [0, 0.05) is 6.54 Å². The maximum absolute atomic E-state index is 12.4. The molecule has 1 rings (SSSR count). The molecule has 1 atom stereocenters. The minimum atomic E-state index is -0.854. The molecule has 1 unspecified atom stereocenters. The van der Waals surface area contributed by atoms with E-state index in [-0.39, 0.29) is 12.5 Å². The van der Waals surface area contributed by atoms with Crippen LogP contribution in [-0.4, -0.2) is 23.5 Å². The van der Waals surface area contributed by atoms with Gasteiger partial charge in [-0.15, -0.1) is 0 Å². The second-order valence-electron chi connectivity index (χ2n) is 6.21. The molecule has 0 spiro atoms. The Labute approximate surface area is 132 Å². The van der Waals surface area contributed by atoms with Crippen LogP contribution in [0.15, 0.2) is 24.3 Å². The van der Waals surface area contributed by atoms with Gasteiger partial charge in [0.15, 0.2) is 0 Å². The number of carbonyl (C=O) groups is 2. The topological polar surface area (TPSA) is 66.4 Å². The van der Waals surface area contributed by atoms with Gasteiger partial charge in [-0.3, -0.25) is 9.59 Å². The van der Waals surface area contributed by atoms with Crippen molar-refractivity contribution in [3.05, 3.63) is 35.4 Å². The molecule has 1 aromatic carbocycles. The fraction of sp³-hybridized carbons (Fsp3) is 0.556. The molecule has 1 aromatic rings. The maximum atomic E-state index is 12.4. The number of amides is 1. The van der Waals surface area contributed by atoms with Crippen LogP contribution in [0.3, 0.4) is 0 Å². The van der Waals surface area contributed by atoms with Crippen molar-refractivity contribution < 1.29 is 14.7 Å². The van der Waals surface area contributed by atoms with Crippen molar-refractivity contribution in [2.75, 3.05) is 6.54 Å². The lowest BCUT2D eigenvalue weighted by atomic mass is 9.83. The number of aliphatic carboxylic acids is 1. The van der Waals surface area contributed by atoms with Crippen molar-refractivity contribution in [2.45, 2.75) is 52.4 Å². The van der Waals surface area contributed by atoms with Crippen LogP contribution in [-0.2, 0) is 21.4 Å². The number of aryl methyl sites for hydroxylation is 1. The normalized spacial score (nSPS) is 12.7. The van der Waals surface area contributed by atoms with Crippen molar-refractivity contribution in [3.63, 3.8) is 0 Å². The first-order valence-electron chi connectivity index (χ1n) is 7.93. The number of carbonyl (C=O) groups excluding carboxylic acids is 1. The number of carboxylic acids is 1. The summed E-state index contributed by atoms with van der Waals surface area (Å²) in [5, 5.41) is 11.9. The predicted molar refractivity (Wildman–Crippen MR) is 87.9 cm³/mol. The van der Waals surface area contributed by atoms with Crippen LogP contribution in [0.2, 0.25) is 0 Å². The summed E-state index contributed by atoms with van der Waals surface area (Å²) in [4.78, 5) is 23.6. The lowest BCUT2D eigenvalue weighted by molar-refractivity contribution is -0.142.